The molecule has 0 aliphatic carbocycles. The molecular weight excluding hydrogens is 252 g/mol. The monoisotopic (exact) mass is 262 g/mol. The first-order chi connectivity index (χ1) is 9.16. The Balaban J connectivity index is 2.15. The Morgan fingerprint density at radius 1 is 1.32 bits per heavy atom. The van der Waals surface area contributed by atoms with Gasteiger partial charge in [0.25, 0.3) is 0 Å². The van der Waals surface area contributed by atoms with Crippen molar-refractivity contribution >= 4 is 5.69 Å². The summed E-state index contributed by atoms with van der Waals surface area (Å²) in [5.74, 6) is 0.449. The van der Waals surface area contributed by atoms with Gasteiger partial charge in [0.2, 0.25) is 5.75 Å². The molecule has 1 fully saturated rings. The first-order valence-electron chi connectivity index (χ1n) is 5.74. The highest BCUT2D eigenvalue weighted by molar-refractivity contribution is 5.61. The lowest BCUT2D eigenvalue weighted by molar-refractivity contribution is -0.386. The molecule has 19 heavy (non-hydrogen) atoms. The molecule has 1 aromatic carbocycles. The summed E-state index contributed by atoms with van der Waals surface area (Å²) in [5, 5.41) is 20.4. The first kappa shape index (κ1) is 11.7. The number of rotatable bonds is 2. The molecule has 3 rings (SSSR count). The van der Waals surface area contributed by atoms with Gasteiger partial charge in [-0.05, 0) is 11.6 Å². The van der Waals surface area contributed by atoms with E-state index in [1.165, 1.54) is 6.07 Å². The number of benzene rings is 1. The Morgan fingerprint density at radius 2 is 2.05 bits per heavy atom. The standard InChI is InChI=1S/C12H10N2O5/c13-5-12(6-17-7-12)8-3-9(14(15)16)11-10(4-8)18-1-2-19-11/h3-4H,1-2,6-7H2. The SMILES string of the molecule is N#CC1(c2cc3c(c([N+](=O)[O-])c2)OCCO3)COC1. The maximum Gasteiger partial charge on any atom is 0.315 e. The van der Waals surface area contributed by atoms with Gasteiger partial charge in [-0.3, -0.25) is 10.1 Å². The molecule has 0 amide bonds. The number of nitriles is 1. The molecule has 2 aliphatic rings. The van der Waals surface area contributed by atoms with Crippen LogP contribution < -0.4 is 9.47 Å². The molecule has 0 N–H and O–H groups in total. The van der Waals surface area contributed by atoms with Gasteiger partial charge in [-0.1, -0.05) is 0 Å². The average molecular weight is 262 g/mol. The van der Waals surface area contributed by atoms with Crippen molar-refractivity contribution < 1.29 is 19.1 Å². The summed E-state index contributed by atoms with van der Waals surface area (Å²) in [4.78, 5) is 10.6. The van der Waals surface area contributed by atoms with E-state index >= 15 is 0 Å². The summed E-state index contributed by atoms with van der Waals surface area (Å²) < 4.78 is 15.7. The van der Waals surface area contributed by atoms with Crippen LogP contribution in [0.2, 0.25) is 0 Å². The number of fused-ring (bicyclic) bond motifs is 1. The van der Waals surface area contributed by atoms with E-state index in [0.29, 0.717) is 17.9 Å². The second-order valence-corrected chi connectivity index (χ2v) is 4.46. The molecule has 2 aliphatic heterocycles. The molecular formula is C12H10N2O5. The minimum atomic E-state index is -0.819. The van der Waals surface area contributed by atoms with Crippen LogP contribution >= 0.6 is 0 Å². The number of hydrogen-bond acceptors (Lipinski definition) is 6. The Kier molecular flexibility index (Phi) is 2.54. The number of ether oxygens (including phenoxy) is 3. The third-order valence-electron chi connectivity index (χ3n) is 3.28. The average Bonchev–Trinajstić information content (AvgIpc) is 2.37. The second kappa shape index (κ2) is 4.10. The predicted molar refractivity (Wildman–Crippen MR) is 62.2 cm³/mol. The molecule has 0 unspecified atom stereocenters. The number of nitro benzene ring substituents is 1. The van der Waals surface area contributed by atoms with Crippen molar-refractivity contribution in [1.29, 1.82) is 5.26 Å². The smallest absolute Gasteiger partial charge is 0.315 e. The molecule has 2 heterocycles. The quantitative estimate of drug-likeness (QED) is 0.586. The Hall–Kier alpha value is -2.33. The van der Waals surface area contributed by atoms with E-state index in [4.69, 9.17) is 14.2 Å². The minimum absolute atomic E-state index is 0.133. The predicted octanol–water partition coefficient (Wildman–Crippen LogP) is 1.16. The highest BCUT2D eigenvalue weighted by atomic mass is 16.6. The fraction of sp³-hybridized carbons (Fsp3) is 0.417. The van der Waals surface area contributed by atoms with Crippen LogP contribution in [-0.2, 0) is 10.2 Å². The zero-order valence-corrected chi connectivity index (χ0v) is 9.92. The van der Waals surface area contributed by atoms with Crippen molar-refractivity contribution in [1.82, 2.24) is 0 Å². The lowest BCUT2D eigenvalue weighted by atomic mass is 9.80. The Bertz CT molecular complexity index is 589. The van der Waals surface area contributed by atoms with E-state index in [9.17, 15) is 15.4 Å². The van der Waals surface area contributed by atoms with Crippen molar-refractivity contribution in [2.75, 3.05) is 26.4 Å². The lowest BCUT2D eigenvalue weighted by Crippen LogP contribution is -2.45. The van der Waals surface area contributed by atoms with Crippen LogP contribution in [0.5, 0.6) is 11.5 Å². The van der Waals surface area contributed by atoms with Gasteiger partial charge < -0.3 is 14.2 Å². The zero-order valence-electron chi connectivity index (χ0n) is 9.92. The number of hydrogen-bond donors (Lipinski definition) is 0. The van der Waals surface area contributed by atoms with Crippen LogP contribution in [0.3, 0.4) is 0 Å². The summed E-state index contributed by atoms with van der Waals surface area (Å²) >= 11 is 0. The van der Waals surface area contributed by atoms with Crippen molar-refractivity contribution in [3.63, 3.8) is 0 Å². The molecule has 7 heteroatoms. The molecule has 98 valence electrons. The summed E-state index contributed by atoms with van der Waals surface area (Å²) in [6, 6.07) is 5.17. The van der Waals surface area contributed by atoms with Crippen LogP contribution in [0.1, 0.15) is 5.56 Å². The number of nitro groups is 1. The molecule has 0 atom stereocenters. The van der Waals surface area contributed by atoms with Crippen LogP contribution in [0, 0.1) is 21.4 Å². The summed E-state index contributed by atoms with van der Waals surface area (Å²) in [5.41, 5.74) is -0.452. The van der Waals surface area contributed by atoms with Crippen LogP contribution in [-0.4, -0.2) is 31.4 Å². The minimum Gasteiger partial charge on any atom is -0.486 e. The molecule has 0 spiro atoms. The van der Waals surface area contributed by atoms with Gasteiger partial charge in [-0.2, -0.15) is 5.26 Å². The van der Waals surface area contributed by atoms with Gasteiger partial charge in [0, 0.05) is 6.07 Å². The molecule has 0 saturated carbocycles. The fourth-order valence-corrected chi connectivity index (χ4v) is 2.15. The van der Waals surface area contributed by atoms with Crippen LogP contribution in [0.15, 0.2) is 12.1 Å². The molecule has 1 saturated heterocycles. The van der Waals surface area contributed by atoms with Gasteiger partial charge in [0.1, 0.15) is 18.6 Å². The van der Waals surface area contributed by atoms with Crippen molar-refractivity contribution in [2.24, 2.45) is 0 Å². The van der Waals surface area contributed by atoms with E-state index in [2.05, 4.69) is 6.07 Å². The second-order valence-electron chi connectivity index (χ2n) is 4.46. The first-order valence-corrected chi connectivity index (χ1v) is 5.74. The van der Waals surface area contributed by atoms with E-state index in [1.807, 2.05) is 0 Å². The fourth-order valence-electron chi connectivity index (χ4n) is 2.15. The van der Waals surface area contributed by atoms with Gasteiger partial charge >= 0.3 is 5.69 Å². The van der Waals surface area contributed by atoms with E-state index < -0.39 is 10.3 Å². The van der Waals surface area contributed by atoms with Gasteiger partial charge in [0.05, 0.1) is 24.2 Å². The maximum absolute atomic E-state index is 11.1. The summed E-state index contributed by atoms with van der Waals surface area (Å²) in [6.45, 7) is 1.09. The molecule has 0 aromatic heterocycles. The Labute approximate surface area is 108 Å². The highest BCUT2D eigenvalue weighted by Gasteiger charge is 2.43. The summed E-state index contributed by atoms with van der Waals surface area (Å²) in [7, 11) is 0. The van der Waals surface area contributed by atoms with Crippen LogP contribution in [0.25, 0.3) is 0 Å². The third kappa shape index (κ3) is 1.69. The topological polar surface area (TPSA) is 94.6 Å². The van der Waals surface area contributed by atoms with E-state index in [-0.39, 0.29) is 31.3 Å². The maximum atomic E-state index is 11.1. The van der Waals surface area contributed by atoms with Crippen LogP contribution in [0.4, 0.5) is 5.69 Å². The molecule has 7 nitrogen and oxygen atoms in total. The highest BCUT2D eigenvalue weighted by Crippen LogP contribution is 2.44. The van der Waals surface area contributed by atoms with Gasteiger partial charge in [0.15, 0.2) is 5.75 Å². The van der Waals surface area contributed by atoms with Crippen molar-refractivity contribution in [2.45, 2.75) is 5.41 Å². The normalized spacial score (nSPS) is 19.1. The van der Waals surface area contributed by atoms with E-state index in [1.54, 1.807) is 6.07 Å². The molecule has 0 radical (unpaired) electrons. The molecule has 1 aromatic rings. The van der Waals surface area contributed by atoms with Crippen molar-refractivity contribution in [3.05, 3.63) is 27.8 Å². The Morgan fingerprint density at radius 3 is 2.63 bits per heavy atom. The molecule has 0 bridgehead atoms. The number of nitrogens with zero attached hydrogens (tertiary/aromatic N) is 2. The van der Waals surface area contributed by atoms with E-state index in [0.717, 1.165) is 0 Å². The van der Waals surface area contributed by atoms with Gasteiger partial charge in [-0.15, -0.1) is 0 Å². The summed E-state index contributed by atoms with van der Waals surface area (Å²) in [6.07, 6.45) is 0. The van der Waals surface area contributed by atoms with Crippen molar-refractivity contribution in [3.8, 4) is 17.6 Å². The van der Waals surface area contributed by atoms with Gasteiger partial charge in [-0.25, -0.2) is 0 Å². The lowest BCUT2D eigenvalue weighted by Gasteiger charge is -2.35. The third-order valence-corrected chi connectivity index (χ3v) is 3.28. The zero-order chi connectivity index (χ0) is 13.5. The largest absolute Gasteiger partial charge is 0.486 e.